The summed E-state index contributed by atoms with van der Waals surface area (Å²) in [6.45, 7) is 5.03. The van der Waals surface area contributed by atoms with Crippen LogP contribution in [0.4, 0.5) is 5.69 Å². The third kappa shape index (κ3) is 8.40. The number of benzene rings is 4. The molecule has 230 valence electrons. The molecule has 10 heteroatoms. The Kier molecular flexibility index (Phi) is 11.1. The third-order valence-corrected chi connectivity index (χ3v) is 9.50. The number of carbonyl (C=O) groups is 2. The first-order valence-corrected chi connectivity index (χ1v) is 16.4. The average molecular weight is 653 g/mol. The molecule has 1 unspecified atom stereocenters. The van der Waals surface area contributed by atoms with Gasteiger partial charge in [0.1, 0.15) is 12.6 Å². The third-order valence-electron chi connectivity index (χ3n) is 6.97. The van der Waals surface area contributed by atoms with Crippen LogP contribution in [-0.2, 0) is 32.6 Å². The molecule has 0 spiro atoms. The van der Waals surface area contributed by atoms with E-state index < -0.39 is 28.5 Å². The number of aryl methyl sites for hydroxylation is 1. The lowest BCUT2D eigenvalue weighted by atomic mass is 10.0. The average Bonchev–Trinajstić information content (AvgIpc) is 3.00. The van der Waals surface area contributed by atoms with E-state index >= 15 is 0 Å². The number of amides is 2. The zero-order valence-electron chi connectivity index (χ0n) is 24.8. The highest BCUT2D eigenvalue weighted by Crippen LogP contribution is 2.27. The summed E-state index contributed by atoms with van der Waals surface area (Å²) in [7, 11) is -4.16. The van der Waals surface area contributed by atoms with E-state index in [9.17, 15) is 18.0 Å². The minimum Gasteiger partial charge on any atom is -0.352 e. The highest BCUT2D eigenvalue weighted by Gasteiger charge is 2.34. The van der Waals surface area contributed by atoms with E-state index in [4.69, 9.17) is 23.2 Å². The summed E-state index contributed by atoms with van der Waals surface area (Å²) in [4.78, 5) is 29.6. The molecule has 0 fully saturated rings. The first kappa shape index (κ1) is 33.1. The summed E-state index contributed by atoms with van der Waals surface area (Å²) in [6, 6.07) is 28.1. The lowest BCUT2D eigenvalue weighted by Gasteiger charge is -2.34. The Morgan fingerprint density at radius 1 is 0.795 bits per heavy atom. The highest BCUT2D eigenvalue weighted by atomic mass is 35.5. The first-order chi connectivity index (χ1) is 21.0. The fraction of sp³-hybridized carbons (Fsp3) is 0.235. The van der Waals surface area contributed by atoms with Crippen molar-refractivity contribution in [2.45, 2.75) is 50.7 Å². The van der Waals surface area contributed by atoms with E-state index in [1.165, 1.54) is 17.0 Å². The largest absolute Gasteiger partial charge is 0.352 e. The number of rotatable bonds is 12. The van der Waals surface area contributed by atoms with Gasteiger partial charge in [-0.3, -0.25) is 13.9 Å². The van der Waals surface area contributed by atoms with E-state index in [1.54, 1.807) is 60.7 Å². The Bertz CT molecular complexity index is 1680. The van der Waals surface area contributed by atoms with Crippen LogP contribution in [0.3, 0.4) is 0 Å². The van der Waals surface area contributed by atoms with Crippen LogP contribution in [0.25, 0.3) is 0 Å². The molecule has 0 heterocycles. The fourth-order valence-electron chi connectivity index (χ4n) is 4.73. The van der Waals surface area contributed by atoms with E-state index in [0.29, 0.717) is 21.3 Å². The number of nitrogens with one attached hydrogen (secondary N) is 1. The number of hydrogen-bond donors (Lipinski definition) is 1. The zero-order chi connectivity index (χ0) is 31.9. The molecule has 0 aromatic heterocycles. The molecule has 0 saturated carbocycles. The molecule has 0 aliphatic carbocycles. The van der Waals surface area contributed by atoms with E-state index in [2.05, 4.69) is 5.32 Å². The molecule has 0 aliphatic rings. The van der Waals surface area contributed by atoms with Crippen LogP contribution in [0, 0.1) is 6.92 Å². The van der Waals surface area contributed by atoms with Gasteiger partial charge in [-0.2, -0.15) is 0 Å². The predicted molar refractivity (Wildman–Crippen MR) is 176 cm³/mol. The fourth-order valence-corrected chi connectivity index (χ4v) is 6.48. The molecule has 4 aromatic carbocycles. The van der Waals surface area contributed by atoms with Crippen molar-refractivity contribution in [1.82, 2.24) is 10.2 Å². The molecular weight excluding hydrogens is 617 g/mol. The Morgan fingerprint density at radius 2 is 1.41 bits per heavy atom. The standard InChI is InChI=1S/C34H35Cl2N3O4S/c1-24(2)37-34(41)32(21-26-10-6-4-7-11-26)38(22-27-16-19-30(35)31(36)20-27)33(40)23-39(28-17-14-25(3)15-18-28)44(42,43)29-12-8-5-9-13-29/h4-20,24,32H,21-23H2,1-3H3,(H,37,41). The normalized spacial score (nSPS) is 12.0. The van der Waals surface area contributed by atoms with E-state index in [0.717, 1.165) is 15.4 Å². The second-order valence-corrected chi connectivity index (χ2v) is 13.5. The van der Waals surface area contributed by atoms with Gasteiger partial charge in [-0.25, -0.2) is 8.42 Å². The first-order valence-electron chi connectivity index (χ1n) is 14.2. The van der Waals surface area contributed by atoms with Gasteiger partial charge in [0.05, 0.1) is 20.6 Å². The van der Waals surface area contributed by atoms with Gasteiger partial charge >= 0.3 is 0 Å². The molecule has 1 N–H and O–H groups in total. The molecule has 0 saturated heterocycles. The minimum absolute atomic E-state index is 0.00808. The van der Waals surface area contributed by atoms with Gasteiger partial charge in [0.15, 0.2) is 0 Å². The number of anilines is 1. The van der Waals surface area contributed by atoms with Crippen LogP contribution < -0.4 is 9.62 Å². The highest BCUT2D eigenvalue weighted by molar-refractivity contribution is 7.92. The summed E-state index contributed by atoms with van der Waals surface area (Å²) in [5, 5.41) is 3.59. The van der Waals surface area contributed by atoms with Crippen molar-refractivity contribution in [3.63, 3.8) is 0 Å². The van der Waals surface area contributed by atoms with Gasteiger partial charge in [0.2, 0.25) is 11.8 Å². The van der Waals surface area contributed by atoms with Gasteiger partial charge in [0.25, 0.3) is 10.0 Å². The molecule has 7 nitrogen and oxygen atoms in total. The van der Waals surface area contributed by atoms with Crippen molar-refractivity contribution in [3.8, 4) is 0 Å². The molecule has 4 aromatic rings. The van der Waals surface area contributed by atoms with Crippen LogP contribution in [0.1, 0.15) is 30.5 Å². The number of halogens is 2. The Morgan fingerprint density at radius 3 is 2.00 bits per heavy atom. The number of carbonyl (C=O) groups excluding carboxylic acids is 2. The Labute approximate surface area is 269 Å². The summed E-state index contributed by atoms with van der Waals surface area (Å²) in [5.74, 6) is -0.916. The minimum atomic E-state index is -4.16. The maximum atomic E-state index is 14.4. The monoisotopic (exact) mass is 651 g/mol. The van der Waals surface area contributed by atoms with Crippen LogP contribution in [-0.4, -0.2) is 43.8 Å². The molecule has 0 bridgehead atoms. The van der Waals surface area contributed by atoms with Gasteiger partial charge in [-0.15, -0.1) is 0 Å². The summed E-state index contributed by atoms with van der Waals surface area (Å²) in [6.07, 6.45) is 0.211. The molecule has 4 rings (SSSR count). The van der Waals surface area contributed by atoms with Crippen molar-refractivity contribution < 1.29 is 18.0 Å². The molecule has 1 atom stereocenters. The summed E-state index contributed by atoms with van der Waals surface area (Å²) < 4.78 is 29.1. The van der Waals surface area contributed by atoms with Crippen LogP contribution >= 0.6 is 23.2 Å². The quantitative estimate of drug-likeness (QED) is 0.186. The van der Waals surface area contributed by atoms with Crippen molar-refractivity contribution in [2.24, 2.45) is 0 Å². The Balaban J connectivity index is 1.81. The number of hydrogen-bond acceptors (Lipinski definition) is 4. The van der Waals surface area contributed by atoms with Gasteiger partial charge in [-0.05, 0) is 68.3 Å². The summed E-state index contributed by atoms with van der Waals surface area (Å²) in [5.41, 5.74) is 2.74. The van der Waals surface area contributed by atoms with Gasteiger partial charge in [-0.1, -0.05) is 95.5 Å². The van der Waals surface area contributed by atoms with Crippen LogP contribution in [0.5, 0.6) is 0 Å². The second kappa shape index (κ2) is 14.8. The SMILES string of the molecule is Cc1ccc(N(CC(=O)N(Cc2ccc(Cl)c(Cl)c2)C(Cc2ccccc2)C(=O)NC(C)C)S(=O)(=O)c2ccccc2)cc1. The van der Waals surface area contributed by atoms with Gasteiger partial charge < -0.3 is 10.2 Å². The molecule has 0 radical (unpaired) electrons. The molecule has 44 heavy (non-hydrogen) atoms. The van der Waals surface area contributed by atoms with Crippen molar-refractivity contribution in [2.75, 3.05) is 10.8 Å². The zero-order valence-corrected chi connectivity index (χ0v) is 27.1. The van der Waals surface area contributed by atoms with E-state index in [-0.39, 0.29) is 29.8 Å². The smallest absolute Gasteiger partial charge is 0.264 e. The maximum Gasteiger partial charge on any atom is 0.264 e. The van der Waals surface area contributed by atoms with Crippen LogP contribution in [0.15, 0.2) is 108 Å². The molecule has 2 amide bonds. The van der Waals surface area contributed by atoms with Crippen LogP contribution in [0.2, 0.25) is 10.0 Å². The lowest BCUT2D eigenvalue weighted by Crippen LogP contribution is -2.54. The van der Waals surface area contributed by atoms with Crippen molar-refractivity contribution in [1.29, 1.82) is 0 Å². The Hall–Kier alpha value is -3.85. The molecule has 0 aliphatic heterocycles. The second-order valence-electron chi connectivity index (χ2n) is 10.8. The van der Waals surface area contributed by atoms with Crippen molar-refractivity contribution >= 4 is 50.7 Å². The van der Waals surface area contributed by atoms with E-state index in [1.807, 2.05) is 51.1 Å². The maximum absolute atomic E-state index is 14.4. The van der Waals surface area contributed by atoms with Gasteiger partial charge in [0, 0.05) is 19.0 Å². The predicted octanol–water partition coefficient (Wildman–Crippen LogP) is 6.66. The topological polar surface area (TPSA) is 86.8 Å². The lowest BCUT2D eigenvalue weighted by molar-refractivity contribution is -0.140. The molecular formula is C34H35Cl2N3O4S. The summed E-state index contributed by atoms with van der Waals surface area (Å²) >= 11 is 12.5. The van der Waals surface area contributed by atoms with Crippen molar-refractivity contribution in [3.05, 3.63) is 130 Å². The number of sulfonamides is 1. The number of nitrogens with zero attached hydrogens (tertiary/aromatic N) is 2.